The SMILES string of the molecule is O=P(O)(O)Oc1ccccc1.Oc1ccccc1-c1ccccc1O. The lowest BCUT2D eigenvalue weighted by molar-refractivity contribution is 0.283. The summed E-state index contributed by atoms with van der Waals surface area (Å²) >= 11 is 0. The van der Waals surface area contributed by atoms with Crippen LogP contribution in [0.4, 0.5) is 0 Å². The summed E-state index contributed by atoms with van der Waals surface area (Å²) in [7, 11) is -4.39. The van der Waals surface area contributed by atoms with Crippen molar-refractivity contribution in [2.45, 2.75) is 0 Å². The zero-order valence-corrected chi connectivity index (χ0v) is 14.0. The zero-order chi connectivity index (χ0) is 18.3. The number of para-hydroxylation sites is 3. The number of benzene rings is 3. The number of rotatable bonds is 3. The molecular weight excluding hydrogens is 343 g/mol. The Morgan fingerprint density at radius 2 is 1.04 bits per heavy atom. The first-order valence-corrected chi connectivity index (χ1v) is 8.76. The highest BCUT2D eigenvalue weighted by atomic mass is 31.2. The van der Waals surface area contributed by atoms with Crippen LogP contribution in [0, 0.1) is 0 Å². The first kappa shape index (κ1) is 18.5. The fourth-order valence-corrected chi connectivity index (χ4v) is 2.42. The van der Waals surface area contributed by atoms with Crippen molar-refractivity contribution in [3.8, 4) is 28.4 Å². The Balaban J connectivity index is 0.000000186. The third kappa shape index (κ3) is 5.97. The van der Waals surface area contributed by atoms with Gasteiger partial charge in [-0.15, -0.1) is 0 Å². The minimum absolute atomic E-state index is 0.167. The molecule has 0 radical (unpaired) electrons. The van der Waals surface area contributed by atoms with Gasteiger partial charge < -0.3 is 14.7 Å². The second-order valence-electron chi connectivity index (χ2n) is 4.93. The van der Waals surface area contributed by atoms with E-state index in [1.165, 1.54) is 12.1 Å². The van der Waals surface area contributed by atoms with Gasteiger partial charge in [0.25, 0.3) is 0 Å². The highest BCUT2D eigenvalue weighted by Gasteiger charge is 2.14. The predicted molar refractivity (Wildman–Crippen MR) is 94.3 cm³/mol. The Hall–Kier alpha value is -2.79. The van der Waals surface area contributed by atoms with Gasteiger partial charge in [-0.25, -0.2) is 4.57 Å². The molecule has 0 aromatic heterocycles. The molecule has 0 unspecified atom stereocenters. The van der Waals surface area contributed by atoms with E-state index in [1.807, 2.05) is 12.1 Å². The van der Waals surface area contributed by atoms with Crippen LogP contribution < -0.4 is 4.52 Å². The van der Waals surface area contributed by atoms with E-state index in [4.69, 9.17) is 9.79 Å². The Bertz CT molecular complexity index is 817. The number of hydrogen-bond donors (Lipinski definition) is 4. The summed E-state index contributed by atoms with van der Waals surface area (Å²) in [6, 6.07) is 21.8. The monoisotopic (exact) mass is 360 g/mol. The molecule has 7 heteroatoms. The molecule has 0 aliphatic rings. The Kier molecular flexibility index (Phi) is 6.19. The van der Waals surface area contributed by atoms with Gasteiger partial charge in [-0.3, -0.25) is 9.79 Å². The van der Waals surface area contributed by atoms with Crippen molar-refractivity contribution in [1.29, 1.82) is 0 Å². The van der Waals surface area contributed by atoms with E-state index in [0.717, 1.165) is 0 Å². The molecule has 0 amide bonds. The highest BCUT2D eigenvalue weighted by molar-refractivity contribution is 7.46. The second kappa shape index (κ2) is 8.35. The zero-order valence-electron chi connectivity index (χ0n) is 13.1. The van der Waals surface area contributed by atoms with Crippen molar-refractivity contribution in [2.24, 2.45) is 0 Å². The van der Waals surface area contributed by atoms with Gasteiger partial charge in [0.05, 0.1) is 0 Å². The number of phosphoric ester groups is 1. The van der Waals surface area contributed by atoms with Crippen LogP contribution in [-0.2, 0) is 4.57 Å². The standard InChI is InChI=1S/C12H10O2.C6H7O4P/c13-11-7-3-1-5-9(11)10-6-2-4-8-12(10)14;7-11(8,9)10-6-4-2-1-3-5-6/h1-8,13-14H;1-5H,(H2,7,8,9). The molecule has 0 heterocycles. The Morgan fingerprint density at radius 1 is 0.640 bits per heavy atom. The molecule has 0 aliphatic carbocycles. The van der Waals surface area contributed by atoms with Crippen LogP contribution in [-0.4, -0.2) is 20.0 Å². The lowest BCUT2D eigenvalue weighted by atomic mass is 10.0. The highest BCUT2D eigenvalue weighted by Crippen LogP contribution is 2.37. The number of hydrogen-bond acceptors (Lipinski definition) is 4. The van der Waals surface area contributed by atoms with E-state index in [-0.39, 0.29) is 17.2 Å². The first-order valence-electron chi connectivity index (χ1n) is 7.23. The molecule has 0 saturated heterocycles. The third-order valence-corrected chi connectivity index (χ3v) is 3.51. The average Bonchev–Trinajstić information content (AvgIpc) is 2.56. The maximum Gasteiger partial charge on any atom is 0.524 e. The molecule has 0 bridgehead atoms. The topological polar surface area (TPSA) is 107 Å². The molecule has 0 aliphatic heterocycles. The molecule has 0 atom stereocenters. The maximum atomic E-state index is 10.3. The van der Waals surface area contributed by atoms with Crippen LogP contribution in [0.25, 0.3) is 11.1 Å². The van der Waals surface area contributed by atoms with Crippen LogP contribution in [0.2, 0.25) is 0 Å². The van der Waals surface area contributed by atoms with Crippen LogP contribution >= 0.6 is 7.82 Å². The second-order valence-corrected chi connectivity index (χ2v) is 6.09. The van der Waals surface area contributed by atoms with Crippen LogP contribution in [0.5, 0.6) is 17.2 Å². The number of phenols is 2. The van der Waals surface area contributed by atoms with Crippen LogP contribution in [0.1, 0.15) is 0 Å². The van der Waals surface area contributed by atoms with Crippen molar-refractivity contribution in [3.63, 3.8) is 0 Å². The van der Waals surface area contributed by atoms with Gasteiger partial charge in [0.15, 0.2) is 0 Å². The predicted octanol–water partition coefficient (Wildman–Crippen LogP) is 3.92. The molecule has 6 nitrogen and oxygen atoms in total. The van der Waals surface area contributed by atoms with Crippen LogP contribution in [0.3, 0.4) is 0 Å². The maximum absolute atomic E-state index is 10.3. The van der Waals surface area contributed by atoms with Crippen molar-refractivity contribution in [2.75, 3.05) is 0 Å². The lowest BCUT2D eigenvalue weighted by Crippen LogP contribution is -1.88. The summed E-state index contributed by atoms with van der Waals surface area (Å²) in [4.78, 5) is 16.7. The Morgan fingerprint density at radius 3 is 1.44 bits per heavy atom. The molecule has 3 rings (SSSR count). The van der Waals surface area contributed by atoms with E-state index >= 15 is 0 Å². The molecule has 3 aromatic carbocycles. The minimum atomic E-state index is -4.39. The lowest BCUT2D eigenvalue weighted by Gasteiger charge is -2.05. The summed E-state index contributed by atoms with van der Waals surface area (Å²) < 4.78 is 14.5. The quantitative estimate of drug-likeness (QED) is 0.527. The minimum Gasteiger partial charge on any atom is -0.507 e. The van der Waals surface area contributed by atoms with Gasteiger partial charge in [-0.1, -0.05) is 54.6 Å². The first-order chi connectivity index (χ1) is 11.9. The summed E-state index contributed by atoms with van der Waals surface area (Å²) in [5.41, 5.74) is 1.29. The average molecular weight is 360 g/mol. The number of aromatic hydroxyl groups is 2. The molecule has 0 saturated carbocycles. The largest absolute Gasteiger partial charge is 0.524 e. The number of phosphoric acid groups is 1. The van der Waals surface area contributed by atoms with E-state index in [9.17, 15) is 14.8 Å². The van der Waals surface area contributed by atoms with Gasteiger partial charge in [0.1, 0.15) is 17.2 Å². The van der Waals surface area contributed by atoms with Crippen molar-refractivity contribution in [3.05, 3.63) is 78.9 Å². The summed E-state index contributed by atoms with van der Waals surface area (Å²) in [5, 5.41) is 19.2. The van der Waals surface area contributed by atoms with Crippen LogP contribution in [0.15, 0.2) is 78.9 Å². The molecule has 130 valence electrons. The van der Waals surface area contributed by atoms with E-state index in [2.05, 4.69) is 4.52 Å². The smallest absolute Gasteiger partial charge is 0.507 e. The summed E-state index contributed by atoms with van der Waals surface area (Å²) in [6.07, 6.45) is 0. The van der Waals surface area contributed by atoms with Gasteiger partial charge in [-0.05, 0) is 24.3 Å². The van der Waals surface area contributed by atoms with E-state index in [1.54, 1.807) is 54.6 Å². The van der Waals surface area contributed by atoms with E-state index in [0.29, 0.717) is 11.1 Å². The van der Waals surface area contributed by atoms with E-state index < -0.39 is 7.82 Å². The molecule has 3 aromatic rings. The fourth-order valence-electron chi connectivity index (χ4n) is 2.02. The number of phenolic OH excluding ortho intramolecular Hbond substituents is 2. The van der Waals surface area contributed by atoms with Gasteiger partial charge in [0, 0.05) is 11.1 Å². The van der Waals surface area contributed by atoms with Gasteiger partial charge in [-0.2, -0.15) is 0 Å². The summed E-state index contributed by atoms with van der Waals surface area (Å²) in [5.74, 6) is 0.517. The van der Waals surface area contributed by atoms with Crippen molar-refractivity contribution in [1.82, 2.24) is 0 Å². The van der Waals surface area contributed by atoms with Gasteiger partial charge in [0.2, 0.25) is 0 Å². The molecule has 4 N–H and O–H groups in total. The molecular formula is C18H17O6P. The third-order valence-electron chi connectivity index (χ3n) is 3.07. The van der Waals surface area contributed by atoms with Crippen molar-refractivity contribution >= 4 is 7.82 Å². The molecule has 25 heavy (non-hydrogen) atoms. The van der Waals surface area contributed by atoms with Gasteiger partial charge >= 0.3 is 7.82 Å². The molecule has 0 spiro atoms. The fraction of sp³-hybridized carbons (Fsp3) is 0. The normalized spacial score (nSPS) is 10.5. The summed E-state index contributed by atoms with van der Waals surface area (Å²) in [6.45, 7) is 0. The molecule has 0 fully saturated rings. The Labute approximate surface area is 144 Å². The van der Waals surface area contributed by atoms with Crippen molar-refractivity contribution < 1.29 is 29.1 Å².